The number of nitrogens with zero attached hydrogens (tertiary/aromatic N) is 5. The maximum atomic E-state index is 14.0. The van der Waals surface area contributed by atoms with Gasteiger partial charge in [-0.25, -0.2) is 18.3 Å². The van der Waals surface area contributed by atoms with Gasteiger partial charge in [0, 0.05) is 24.8 Å². The van der Waals surface area contributed by atoms with Gasteiger partial charge in [0.1, 0.15) is 17.0 Å². The van der Waals surface area contributed by atoms with Gasteiger partial charge in [-0.3, -0.25) is 14.3 Å². The number of alkyl halides is 2. The van der Waals surface area contributed by atoms with Gasteiger partial charge in [0.2, 0.25) is 0 Å². The summed E-state index contributed by atoms with van der Waals surface area (Å²) in [5.41, 5.74) is 0.363. The maximum absolute atomic E-state index is 14.0. The molecule has 0 bridgehead atoms. The summed E-state index contributed by atoms with van der Waals surface area (Å²) in [7, 11) is 1.47. The second kappa shape index (κ2) is 10.7. The van der Waals surface area contributed by atoms with Crippen LogP contribution in [0.4, 0.5) is 14.5 Å². The van der Waals surface area contributed by atoms with E-state index in [0.717, 1.165) is 10.7 Å². The molecule has 0 radical (unpaired) electrons. The summed E-state index contributed by atoms with van der Waals surface area (Å²) in [5, 5.41) is 13.7. The molecule has 2 amide bonds. The lowest BCUT2D eigenvalue weighted by Gasteiger charge is -2.11. The van der Waals surface area contributed by atoms with E-state index < -0.39 is 23.9 Å². The van der Waals surface area contributed by atoms with Crippen LogP contribution in [0.5, 0.6) is 5.75 Å². The Bertz CT molecular complexity index is 1450. The highest BCUT2D eigenvalue weighted by Gasteiger charge is 2.25. The number of carbonyl (C=O) groups is 2. The highest BCUT2D eigenvalue weighted by atomic mass is 19.3. The second-order valence-corrected chi connectivity index (χ2v) is 8.67. The highest BCUT2D eigenvalue weighted by Crippen LogP contribution is 2.32. The predicted octanol–water partition coefficient (Wildman–Crippen LogP) is 4.20. The normalized spacial score (nSPS) is 11.4. The average Bonchev–Trinajstić information content (AvgIpc) is 3.50. The van der Waals surface area contributed by atoms with Gasteiger partial charge < -0.3 is 15.4 Å². The minimum absolute atomic E-state index is 0.0447. The first-order valence-corrected chi connectivity index (χ1v) is 11.7. The summed E-state index contributed by atoms with van der Waals surface area (Å²) < 4.78 is 35.7. The van der Waals surface area contributed by atoms with E-state index in [4.69, 9.17) is 4.74 Å². The molecular weight excluding hydrogens is 484 g/mol. The molecule has 2 N–H and O–H groups in total. The van der Waals surface area contributed by atoms with E-state index in [-0.39, 0.29) is 34.2 Å². The number of aromatic nitrogens is 5. The molecular formula is C25H27F2N7O3. The van der Waals surface area contributed by atoms with Crippen molar-refractivity contribution in [2.24, 2.45) is 5.92 Å². The third-order valence-electron chi connectivity index (χ3n) is 5.57. The van der Waals surface area contributed by atoms with Crippen LogP contribution in [0.1, 0.15) is 53.7 Å². The van der Waals surface area contributed by atoms with Crippen LogP contribution in [0.3, 0.4) is 0 Å². The quantitative estimate of drug-likeness (QED) is 0.348. The van der Waals surface area contributed by atoms with E-state index in [1.807, 2.05) is 20.8 Å². The van der Waals surface area contributed by atoms with E-state index in [2.05, 4.69) is 25.8 Å². The molecule has 0 fully saturated rings. The molecule has 1 aromatic carbocycles. The number of nitrogens with one attached hydrogen (secondary N) is 2. The topological polar surface area (TPSA) is 115 Å². The van der Waals surface area contributed by atoms with Crippen molar-refractivity contribution in [1.82, 2.24) is 29.7 Å². The number of amides is 2. The summed E-state index contributed by atoms with van der Waals surface area (Å²) in [6, 6.07) is 8.06. The largest absolute Gasteiger partial charge is 0.496 e. The summed E-state index contributed by atoms with van der Waals surface area (Å²) in [4.78, 5) is 30.5. The Labute approximate surface area is 211 Å². The lowest BCUT2D eigenvalue weighted by Crippen LogP contribution is -2.28. The van der Waals surface area contributed by atoms with Crippen molar-refractivity contribution >= 4 is 23.1 Å². The number of benzene rings is 1. The molecule has 3 heterocycles. The van der Waals surface area contributed by atoms with E-state index in [1.165, 1.54) is 24.1 Å². The van der Waals surface area contributed by atoms with Crippen LogP contribution in [0.15, 0.2) is 42.7 Å². The Morgan fingerprint density at radius 3 is 2.59 bits per heavy atom. The maximum Gasteiger partial charge on any atom is 0.280 e. The third kappa shape index (κ3) is 5.27. The minimum atomic E-state index is -2.88. The molecule has 0 unspecified atom stereocenters. The van der Waals surface area contributed by atoms with Gasteiger partial charge in [-0.2, -0.15) is 10.2 Å². The molecule has 3 aromatic heterocycles. The van der Waals surface area contributed by atoms with Crippen LogP contribution in [0.2, 0.25) is 0 Å². The zero-order chi connectivity index (χ0) is 26.7. The first-order valence-electron chi connectivity index (χ1n) is 11.7. The Kier molecular flexibility index (Phi) is 7.46. The number of carbonyl (C=O) groups excluding carboxylic acids is 2. The average molecular weight is 512 g/mol. The van der Waals surface area contributed by atoms with Gasteiger partial charge in [0.05, 0.1) is 24.7 Å². The summed E-state index contributed by atoms with van der Waals surface area (Å²) >= 11 is 0. The van der Waals surface area contributed by atoms with Crippen molar-refractivity contribution in [2.45, 2.75) is 33.7 Å². The van der Waals surface area contributed by atoms with E-state index in [1.54, 1.807) is 24.3 Å². The number of aryl methyl sites for hydroxylation is 1. The molecule has 0 saturated carbocycles. The Hall–Kier alpha value is -4.35. The third-order valence-corrected chi connectivity index (χ3v) is 5.57. The summed E-state index contributed by atoms with van der Waals surface area (Å²) in [6.45, 7) is 6.66. The number of methoxy groups -OCH3 is 1. The molecule has 10 nitrogen and oxygen atoms in total. The number of rotatable bonds is 9. The van der Waals surface area contributed by atoms with Crippen LogP contribution in [0, 0.1) is 5.92 Å². The van der Waals surface area contributed by atoms with Crippen LogP contribution in [-0.2, 0) is 6.54 Å². The number of halogens is 2. The number of hydrogen-bond acceptors (Lipinski definition) is 6. The Morgan fingerprint density at radius 1 is 1.16 bits per heavy atom. The van der Waals surface area contributed by atoms with Crippen molar-refractivity contribution in [3.05, 3.63) is 59.7 Å². The lowest BCUT2D eigenvalue weighted by atomic mass is 10.1. The number of para-hydroxylation sites is 1. The van der Waals surface area contributed by atoms with Gasteiger partial charge in [-0.05, 0) is 31.0 Å². The highest BCUT2D eigenvalue weighted by molar-refractivity contribution is 6.11. The molecule has 0 aliphatic rings. The summed E-state index contributed by atoms with van der Waals surface area (Å²) in [6.07, 6.45) is -0.182. The number of hydrogen-bond donors (Lipinski definition) is 2. The minimum Gasteiger partial charge on any atom is -0.496 e. The van der Waals surface area contributed by atoms with Crippen LogP contribution in [0.25, 0.3) is 16.9 Å². The van der Waals surface area contributed by atoms with Gasteiger partial charge in [-0.1, -0.05) is 26.0 Å². The van der Waals surface area contributed by atoms with Crippen LogP contribution >= 0.6 is 0 Å². The second-order valence-electron chi connectivity index (χ2n) is 8.67. The summed E-state index contributed by atoms with van der Waals surface area (Å²) in [5.74, 6) is -0.447. The van der Waals surface area contributed by atoms with Crippen molar-refractivity contribution in [3.8, 4) is 17.0 Å². The smallest absolute Gasteiger partial charge is 0.280 e. The van der Waals surface area contributed by atoms with E-state index in [9.17, 15) is 18.4 Å². The standard InChI is InChI=1S/C25H27F2N7O3/c1-5-33-13-18(21(32-33)25(36)28-11-14(2)3)31-24(35)16-12-29-34-19(22(26)27)10-17(30-23(16)34)15-8-6-7-9-20(15)37-4/h6-10,12-14,22H,5,11H2,1-4H3,(H,28,36)(H,31,35). The van der Waals surface area contributed by atoms with Crippen molar-refractivity contribution in [3.63, 3.8) is 0 Å². The van der Waals surface area contributed by atoms with Gasteiger partial charge >= 0.3 is 0 Å². The van der Waals surface area contributed by atoms with Crippen molar-refractivity contribution < 1.29 is 23.1 Å². The molecule has 12 heteroatoms. The van der Waals surface area contributed by atoms with E-state index >= 15 is 0 Å². The molecule has 0 saturated heterocycles. The predicted molar refractivity (Wildman–Crippen MR) is 133 cm³/mol. The number of fused-ring (bicyclic) bond motifs is 1. The molecule has 4 rings (SSSR count). The van der Waals surface area contributed by atoms with Crippen LogP contribution in [-0.4, -0.2) is 49.8 Å². The number of ether oxygens (including phenoxy) is 1. The van der Waals surface area contributed by atoms with Crippen molar-refractivity contribution in [2.75, 3.05) is 19.0 Å². The molecule has 4 aromatic rings. The van der Waals surface area contributed by atoms with Gasteiger partial charge in [0.25, 0.3) is 18.2 Å². The lowest BCUT2D eigenvalue weighted by molar-refractivity contribution is 0.0944. The fraction of sp³-hybridized carbons (Fsp3) is 0.320. The van der Waals surface area contributed by atoms with Gasteiger partial charge in [-0.15, -0.1) is 0 Å². The van der Waals surface area contributed by atoms with E-state index in [0.29, 0.717) is 24.4 Å². The molecule has 0 atom stereocenters. The molecule has 194 valence electrons. The SMILES string of the molecule is CCn1cc(NC(=O)c2cnn3c(C(F)F)cc(-c4ccccc4OC)nc23)c(C(=O)NCC(C)C)n1. The zero-order valence-electron chi connectivity index (χ0n) is 20.8. The zero-order valence-corrected chi connectivity index (χ0v) is 20.8. The Morgan fingerprint density at radius 2 is 1.92 bits per heavy atom. The molecule has 37 heavy (non-hydrogen) atoms. The molecule has 0 aliphatic carbocycles. The van der Waals surface area contributed by atoms with Crippen molar-refractivity contribution in [1.29, 1.82) is 0 Å². The fourth-order valence-electron chi connectivity index (χ4n) is 3.71. The first kappa shape index (κ1) is 25.7. The Balaban J connectivity index is 1.75. The van der Waals surface area contributed by atoms with Gasteiger partial charge in [0.15, 0.2) is 11.3 Å². The first-order chi connectivity index (χ1) is 17.7. The molecule has 0 aliphatic heterocycles. The van der Waals surface area contributed by atoms with Crippen LogP contribution < -0.4 is 15.4 Å². The number of anilines is 1. The molecule has 0 spiro atoms. The monoisotopic (exact) mass is 511 g/mol. The fourth-order valence-corrected chi connectivity index (χ4v) is 3.71.